The third-order valence-corrected chi connectivity index (χ3v) is 3.44. The zero-order valence-corrected chi connectivity index (χ0v) is 15.1. The van der Waals surface area contributed by atoms with E-state index in [9.17, 15) is 24.8 Å². The number of hydrogen-bond donors (Lipinski definition) is 3. The van der Waals surface area contributed by atoms with E-state index in [0.717, 1.165) is 17.8 Å². The van der Waals surface area contributed by atoms with Crippen molar-refractivity contribution in [3.8, 4) is 11.5 Å². The Bertz CT molecular complexity index is 942. The van der Waals surface area contributed by atoms with Gasteiger partial charge >= 0.3 is 17.5 Å². The highest BCUT2D eigenvalue weighted by Gasteiger charge is 2.20. The molecule has 0 saturated heterocycles. The van der Waals surface area contributed by atoms with Crippen molar-refractivity contribution in [3.63, 3.8) is 0 Å². The summed E-state index contributed by atoms with van der Waals surface area (Å²) in [5.41, 5.74) is 3.01. The summed E-state index contributed by atoms with van der Waals surface area (Å²) in [6, 6.07) is 9.27. The normalized spacial score (nSPS) is 10.5. The smallest absolute Gasteiger partial charge is 0.329 e. The molecule has 0 aromatic heterocycles. The number of nitrogens with one attached hydrogen (secondary N) is 2. The summed E-state index contributed by atoms with van der Waals surface area (Å²) in [6.07, 6.45) is 1.09. The van der Waals surface area contributed by atoms with Gasteiger partial charge in [-0.1, -0.05) is 12.1 Å². The molecule has 10 nitrogen and oxygen atoms in total. The van der Waals surface area contributed by atoms with E-state index in [0.29, 0.717) is 5.69 Å². The van der Waals surface area contributed by atoms with Crippen molar-refractivity contribution >= 4 is 29.4 Å². The number of hydrogen-bond acceptors (Lipinski definition) is 7. The van der Waals surface area contributed by atoms with Crippen molar-refractivity contribution in [1.29, 1.82) is 0 Å². The van der Waals surface area contributed by atoms with Crippen molar-refractivity contribution in [2.75, 3.05) is 11.9 Å². The molecule has 2 aromatic rings. The number of phenolic OH excluding ortho intramolecular Hbond substituents is 1. The summed E-state index contributed by atoms with van der Waals surface area (Å²) in [6.45, 7) is 3.67. The van der Waals surface area contributed by atoms with E-state index in [1.165, 1.54) is 6.07 Å². The van der Waals surface area contributed by atoms with Gasteiger partial charge in [-0.15, -0.1) is 0 Å². The maximum Gasteiger partial charge on any atom is 0.329 e. The number of ether oxygens (including phenoxy) is 1. The monoisotopic (exact) mass is 386 g/mol. The Morgan fingerprint density at radius 2 is 2.04 bits per heavy atom. The summed E-state index contributed by atoms with van der Waals surface area (Å²) in [4.78, 5) is 33.9. The second kappa shape index (κ2) is 9.12. The minimum absolute atomic E-state index is 0.0957. The molecule has 0 saturated carbocycles. The van der Waals surface area contributed by atoms with Gasteiger partial charge in [-0.05, 0) is 37.6 Å². The lowest BCUT2D eigenvalue weighted by molar-refractivity contribution is -0.386. The van der Waals surface area contributed by atoms with Crippen LogP contribution in [0.5, 0.6) is 11.5 Å². The number of hydrazone groups is 1. The number of nitro benzene ring substituents is 1. The van der Waals surface area contributed by atoms with Gasteiger partial charge in [-0.25, -0.2) is 5.43 Å². The standard InChI is InChI=1S/C18H18N4O6/c1-3-28-15-9-12(8-14(16(15)23)22(26)27)10-19-21-18(25)17(24)20-13-6-4-5-11(2)7-13/h4-10,23H,3H2,1-2H3,(H,20,24)(H,21,25)/b19-10+. The van der Waals surface area contributed by atoms with Crippen LogP contribution in [0.15, 0.2) is 41.5 Å². The highest BCUT2D eigenvalue weighted by Crippen LogP contribution is 2.36. The molecule has 2 rings (SSSR count). The third-order valence-electron chi connectivity index (χ3n) is 3.44. The average Bonchev–Trinajstić information content (AvgIpc) is 2.63. The van der Waals surface area contributed by atoms with Crippen LogP contribution < -0.4 is 15.5 Å². The van der Waals surface area contributed by atoms with Crippen molar-refractivity contribution in [2.24, 2.45) is 5.10 Å². The lowest BCUT2D eigenvalue weighted by Gasteiger charge is -2.07. The Balaban J connectivity index is 2.07. The number of nitro groups is 1. The van der Waals surface area contributed by atoms with Crippen molar-refractivity contribution < 1.29 is 24.4 Å². The Hall–Kier alpha value is -3.95. The average molecular weight is 386 g/mol. The highest BCUT2D eigenvalue weighted by molar-refractivity contribution is 6.39. The van der Waals surface area contributed by atoms with Crippen molar-refractivity contribution in [1.82, 2.24) is 5.43 Å². The van der Waals surface area contributed by atoms with Crippen LogP contribution in [0.2, 0.25) is 0 Å². The first-order chi connectivity index (χ1) is 13.3. The number of rotatable bonds is 6. The SMILES string of the molecule is CCOc1cc(/C=N/NC(=O)C(=O)Nc2cccc(C)c2)cc([N+](=O)[O-])c1O. The molecular weight excluding hydrogens is 368 g/mol. The molecule has 0 aliphatic heterocycles. The fraction of sp³-hybridized carbons (Fsp3) is 0.167. The van der Waals surface area contributed by atoms with Crippen molar-refractivity contribution in [2.45, 2.75) is 13.8 Å². The Morgan fingerprint density at radius 1 is 1.29 bits per heavy atom. The topological polar surface area (TPSA) is 143 Å². The number of carbonyl (C=O) groups is 2. The minimum atomic E-state index is -1.02. The summed E-state index contributed by atoms with van der Waals surface area (Å²) < 4.78 is 5.14. The molecule has 28 heavy (non-hydrogen) atoms. The highest BCUT2D eigenvalue weighted by atomic mass is 16.6. The van der Waals surface area contributed by atoms with Gasteiger partial charge in [0, 0.05) is 17.3 Å². The first kappa shape index (κ1) is 20.4. The Labute approximate surface area is 160 Å². The van der Waals surface area contributed by atoms with Crippen LogP contribution in [0.4, 0.5) is 11.4 Å². The van der Waals surface area contributed by atoms with Gasteiger partial charge in [0.1, 0.15) is 0 Å². The van der Waals surface area contributed by atoms with Gasteiger partial charge in [0.25, 0.3) is 0 Å². The van der Waals surface area contributed by atoms with Crippen LogP contribution >= 0.6 is 0 Å². The number of phenols is 1. The molecule has 0 unspecified atom stereocenters. The quantitative estimate of drug-likeness (QED) is 0.300. The molecule has 0 spiro atoms. The number of anilines is 1. The van der Waals surface area contributed by atoms with Gasteiger partial charge in [0.2, 0.25) is 5.75 Å². The molecule has 2 amide bonds. The predicted octanol–water partition coefficient (Wildman–Crippen LogP) is 2.10. The van der Waals surface area contributed by atoms with Crippen LogP contribution in [-0.4, -0.2) is 34.7 Å². The summed E-state index contributed by atoms with van der Waals surface area (Å²) in [5.74, 6) is -2.64. The second-order valence-electron chi connectivity index (χ2n) is 5.60. The van der Waals surface area contributed by atoms with Gasteiger partial charge in [-0.3, -0.25) is 19.7 Å². The maximum atomic E-state index is 11.9. The van der Waals surface area contributed by atoms with E-state index in [1.54, 1.807) is 25.1 Å². The van der Waals surface area contributed by atoms with Crippen LogP contribution in [0, 0.1) is 17.0 Å². The zero-order valence-electron chi connectivity index (χ0n) is 15.1. The number of nitrogens with zero attached hydrogens (tertiary/aromatic N) is 2. The molecule has 0 aliphatic rings. The molecule has 0 atom stereocenters. The second-order valence-corrected chi connectivity index (χ2v) is 5.60. The maximum absolute atomic E-state index is 11.9. The molecule has 0 heterocycles. The summed E-state index contributed by atoms with van der Waals surface area (Å²) in [7, 11) is 0. The van der Waals surface area contributed by atoms with E-state index in [1.807, 2.05) is 18.4 Å². The minimum Gasteiger partial charge on any atom is -0.500 e. The van der Waals surface area contributed by atoms with E-state index in [2.05, 4.69) is 10.4 Å². The Kier molecular flexibility index (Phi) is 6.63. The third kappa shape index (κ3) is 5.27. The fourth-order valence-corrected chi connectivity index (χ4v) is 2.22. The molecule has 0 aliphatic carbocycles. The molecule has 0 bridgehead atoms. The largest absolute Gasteiger partial charge is 0.500 e. The van der Waals surface area contributed by atoms with Crippen LogP contribution in [0.3, 0.4) is 0 Å². The molecule has 10 heteroatoms. The number of aromatic hydroxyl groups is 1. The van der Waals surface area contributed by atoms with Crippen LogP contribution in [-0.2, 0) is 9.59 Å². The molecular formula is C18H18N4O6. The number of amides is 2. The van der Waals surface area contributed by atoms with E-state index < -0.39 is 28.2 Å². The van der Waals surface area contributed by atoms with E-state index in [4.69, 9.17) is 4.74 Å². The van der Waals surface area contributed by atoms with Gasteiger partial charge < -0.3 is 15.2 Å². The lowest BCUT2D eigenvalue weighted by atomic mass is 10.2. The first-order valence-corrected chi connectivity index (χ1v) is 8.17. The van der Waals surface area contributed by atoms with Crippen LogP contribution in [0.25, 0.3) is 0 Å². The molecule has 146 valence electrons. The molecule has 0 radical (unpaired) electrons. The summed E-state index contributed by atoms with van der Waals surface area (Å²) >= 11 is 0. The molecule has 3 N–H and O–H groups in total. The van der Waals surface area contributed by atoms with E-state index in [-0.39, 0.29) is 17.9 Å². The summed E-state index contributed by atoms with van der Waals surface area (Å²) in [5, 5.41) is 26.9. The lowest BCUT2D eigenvalue weighted by Crippen LogP contribution is -2.32. The van der Waals surface area contributed by atoms with Gasteiger partial charge in [-0.2, -0.15) is 5.10 Å². The van der Waals surface area contributed by atoms with Crippen molar-refractivity contribution in [3.05, 3.63) is 57.6 Å². The number of aryl methyl sites for hydroxylation is 1. The number of carbonyl (C=O) groups excluding carboxylic acids is 2. The zero-order chi connectivity index (χ0) is 20.7. The number of benzene rings is 2. The van der Waals surface area contributed by atoms with Crippen LogP contribution in [0.1, 0.15) is 18.1 Å². The Morgan fingerprint density at radius 3 is 2.68 bits per heavy atom. The first-order valence-electron chi connectivity index (χ1n) is 8.17. The predicted molar refractivity (Wildman–Crippen MR) is 101 cm³/mol. The molecule has 0 fully saturated rings. The van der Waals surface area contributed by atoms with E-state index >= 15 is 0 Å². The van der Waals surface area contributed by atoms with Gasteiger partial charge in [0.05, 0.1) is 17.7 Å². The molecule has 2 aromatic carbocycles. The van der Waals surface area contributed by atoms with Gasteiger partial charge in [0.15, 0.2) is 5.75 Å². The fourth-order valence-electron chi connectivity index (χ4n) is 2.22.